The molecular formula is C12H11ClO4. The third-order valence-electron chi connectivity index (χ3n) is 2.29. The van der Waals surface area contributed by atoms with Crippen molar-refractivity contribution in [2.75, 3.05) is 13.7 Å². The van der Waals surface area contributed by atoms with Gasteiger partial charge in [-0.15, -0.1) is 0 Å². The van der Waals surface area contributed by atoms with Gasteiger partial charge in [0.05, 0.1) is 19.1 Å². The van der Waals surface area contributed by atoms with Crippen LogP contribution in [0.25, 0.3) is 11.0 Å². The third kappa shape index (κ3) is 2.08. The molecule has 2 rings (SSSR count). The maximum absolute atomic E-state index is 11.5. The normalized spacial score (nSPS) is 10.5. The largest absolute Gasteiger partial charge is 0.494 e. The van der Waals surface area contributed by atoms with Crippen LogP contribution < -0.4 is 15.1 Å². The first-order chi connectivity index (χ1) is 8.17. The third-order valence-corrected chi connectivity index (χ3v) is 2.62. The predicted octanol–water partition coefficient (Wildman–Crippen LogP) is 2.85. The molecule has 1 aromatic heterocycles. The fourth-order valence-electron chi connectivity index (χ4n) is 1.59. The summed E-state index contributed by atoms with van der Waals surface area (Å²) in [6.45, 7) is 2.42. The minimum atomic E-state index is -0.621. The first kappa shape index (κ1) is 11.8. The van der Waals surface area contributed by atoms with E-state index in [0.717, 1.165) is 0 Å². The summed E-state index contributed by atoms with van der Waals surface area (Å²) in [5.41, 5.74) is -0.230. The highest BCUT2D eigenvalue weighted by molar-refractivity contribution is 6.32. The van der Waals surface area contributed by atoms with Gasteiger partial charge in [0, 0.05) is 6.07 Å². The maximum Gasteiger partial charge on any atom is 0.359 e. The molecular weight excluding hydrogens is 244 g/mol. The van der Waals surface area contributed by atoms with Crippen LogP contribution in [-0.2, 0) is 0 Å². The Morgan fingerprint density at radius 2 is 2.18 bits per heavy atom. The van der Waals surface area contributed by atoms with Gasteiger partial charge in [0.2, 0.25) is 0 Å². The fourth-order valence-corrected chi connectivity index (χ4v) is 1.80. The smallest absolute Gasteiger partial charge is 0.359 e. The highest BCUT2D eigenvalue weighted by Crippen LogP contribution is 2.32. The molecule has 0 fully saturated rings. The molecule has 0 saturated heterocycles. The van der Waals surface area contributed by atoms with Crippen molar-refractivity contribution in [3.63, 3.8) is 0 Å². The number of fused-ring (bicyclic) bond motifs is 1. The van der Waals surface area contributed by atoms with Crippen LogP contribution >= 0.6 is 11.6 Å². The highest BCUT2D eigenvalue weighted by Gasteiger charge is 2.13. The molecule has 0 aliphatic carbocycles. The van der Waals surface area contributed by atoms with Crippen molar-refractivity contribution in [3.8, 4) is 11.5 Å². The van der Waals surface area contributed by atoms with Crippen molar-refractivity contribution in [1.29, 1.82) is 0 Å². The van der Waals surface area contributed by atoms with Gasteiger partial charge in [-0.05, 0) is 19.1 Å². The van der Waals surface area contributed by atoms with Crippen LogP contribution in [0, 0.1) is 0 Å². The molecule has 4 nitrogen and oxygen atoms in total. The van der Waals surface area contributed by atoms with Crippen LogP contribution in [-0.4, -0.2) is 13.7 Å². The zero-order valence-corrected chi connectivity index (χ0v) is 10.2. The van der Waals surface area contributed by atoms with Gasteiger partial charge in [0.25, 0.3) is 0 Å². The van der Waals surface area contributed by atoms with Crippen molar-refractivity contribution in [2.45, 2.75) is 6.92 Å². The standard InChI is InChI=1S/C12H11ClO4/c1-3-16-7-4-5-8-9(6-7)17-12(14)10(13)11(8)15-2/h4-6H,3H2,1-2H3. The van der Waals surface area contributed by atoms with Gasteiger partial charge >= 0.3 is 5.63 Å². The summed E-state index contributed by atoms with van der Waals surface area (Å²) < 4.78 is 15.5. The van der Waals surface area contributed by atoms with E-state index in [9.17, 15) is 4.79 Å². The zero-order chi connectivity index (χ0) is 12.4. The Morgan fingerprint density at radius 3 is 2.82 bits per heavy atom. The van der Waals surface area contributed by atoms with Gasteiger partial charge in [-0.25, -0.2) is 4.79 Å². The average Bonchev–Trinajstić information content (AvgIpc) is 2.31. The van der Waals surface area contributed by atoms with E-state index in [1.807, 2.05) is 6.92 Å². The maximum atomic E-state index is 11.5. The minimum Gasteiger partial charge on any atom is -0.494 e. The first-order valence-electron chi connectivity index (χ1n) is 5.10. The molecule has 2 aromatic rings. The molecule has 0 amide bonds. The quantitative estimate of drug-likeness (QED) is 0.791. The van der Waals surface area contributed by atoms with Gasteiger partial charge in [-0.1, -0.05) is 11.6 Å². The second kappa shape index (κ2) is 4.67. The van der Waals surface area contributed by atoms with Gasteiger partial charge in [-0.2, -0.15) is 0 Å². The van der Waals surface area contributed by atoms with E-state index in [1.165, 1.54) is 7.11 Å². The second-order valence-electron chi connectivity index (χ2n) is 3.33. The van der Waals surface area contributed by atoms with E-state index >= 15 is 0 Å². The zero-order valence-electron chi connectivity index (χ0n) is 9.45. The van der Waals surface area contributed by atoms with Gasteiger partial charge < -0.3 is 13.9 Å². The molecule has 17 heavy (non-hydrogen) atoms. The van der Waals surface area contributed by atoms with E-state index < -0.39 is 5.63 Å². The number of benzene rings is 1. The van der Waals surface area contributed by atoms with E-state index in [4.69, 9.17) is 25.5 Å². The number of rotatable bonds is 3. The molecule has 0 atom stereocenters. The highest BCUT2D eigenvalue weighted by atomic mass is 35.5. The SMILES string of the molecule is CCOc1ccc2c(OC)c(Cl)c(=O)oc2c1. The summed E-state index contributed by atoms with van der Waals surface area (Å²) in [5, 5.41) is 0.588. The molecule has 0 N–H and O–H groups in total. The molecule has 5 heteroatoms. The summed E-state index contributed by atoms with van der Waals surface area (Å²) in [7, 11) is 1.45. The summed E-state index contributed by atoms with van der Waals surface area (Å²) in [6, 6.07) is 5.15. The lowest BCUT2D eigenvalue weighted by molar-refractivity contribution is 0.340. The number of ether oxygens (including phenoxy) is 2. The van der Waals surface area contributed by atoms with Crippen molar-refractivity contribution < 1.29 is 13.9 Å². The Balaban J connectivity index is 2.72. The Hall–Kier alpha value is -1.68. The Bertz CT molecular complexity index is 603. The van der Waals surface area contributed by atoms with Crippen molar-refractivity contribution in [1.82, 2.24) is 0 Å². The molecule has 0 saturated carbocycles. The van der Waals surface area contributed by atoms with Gasteiger partial charge in [-0.3, -0.25) is 0 Å². The van der Waals surface area contributed by atoms with E-state index in [-0.39, 0.29) is 5.02 Å². The lowest BCUT2D eigenvalue weighted by atomic mass is 10.2. The Labute approximate surface area is 103 Å². The number of hydrogen-bond acceptors (Lipinski definition) is 4. The van der Waals surface area contributed by atoms with Crippen molar-refractivity contribution in [3.05, 3.63) is 33.6 Å². The van der Waals surface area contributed by atoms with E-state index in [0.29, 0.717) is 29.1 Å². The van der Waals surface area contributed by atoms with Crippen LogP contribution in [0.5, 0.6) is 11.5 Å². The molecule has 0 bridgehead atoms. The topological polar surface area (TPSA) is 48.7 Å². The lowest BCUT2D eigenvalue weighted by Gasteiger charge is -2.07. The molecule has 0 spiro atoms. The molecule has 0 unspecified atom stereocenters. The Morgan fingerprint density at radius 1 is 1.41 bits per heavy atom. The van der Waals surface area contributed by atoms with Crippen LogP contribution in [0.4, 0.5) is 0 Å². The summed E-state index contributed by atoms with van der Waals surface area (Å²) in [5.74, 6) is 0.952. The van der Waals surface area contributed by atoms with Crippen LogP contribution in [0.3, 0.4) is 0 Å². The van der Waals surface area contributed by atoms with Crippen molar-refractivity contribution in [2.24, 2.45) is 0 Å². The minimum absolute atomic E-state index is 0.0517. The fraction of sp³-hybridized carbons (Fsp3) is 0.250. The summed E-state index contributed by atoms with van der Waals surface area (Å²) >= 11 is 5.81. The molecule has 0 aliphatic rings. The number of methoxy groups -OCH3 is 1. The average molecular weight is 255 g/mol. The number of halogens is 1. The second-order valence-corrected chi connectivity index (χ2v) is 3.71. The number of hydrogen-bond donors (Lipinski definition) is 0. The Kier molecular flexibility index (Phi) is 3.24. The molecule has 1 aromatic carbocycles. The van der Waals surface area contributed by atoms with E-state index in [1.54, 1.807) is 18.2 Å². The summed E-state index contributed by atoms with van der Waals surface area (Å²) in [6.07, 6.45) is 0. The lowest BCUT2D eigenvalue weighted by Crippen LogP contribution is -2.02. The van der Waals surface area contributed by atoms with Crippen molar-refractivity contribution >= 4 is 22.6 Å². The van der Waals surface area contributed by atoms with Gasteiger partial charge in [0.15, 0.2) is 10.8 Å². The predicted molar refractivity (Wildman–Crippen MR) is 65.2 cm³/mol. The monoisotopic (exact) mass is 254 g/mol. The van der Waals surface area contributed by atoms with Crippen LogP contribution in [0.15, 0.2) is 27.4 Å². The van der Waals surface area contributed by atoms with E-state index in [2.05, 4.69) is 0 Å². The first-order valence-corrected chi connectivity index (χ1v) is 5.48. The molecule has 90 valence electrons. The van der Waals surface area contributed by atoms with Gasteiger partial charge in [0.1, 0.15) is 11.3 Å². The molecule has 0 radical (unpaired) electrons. The summed E-state index contributed by atoms with van der Waals surface area (Å²) in [4.78, 5) is 11.5. The molecule has 0 aliphatic heterocycles. The van der Waals surface area contributed by atoms with Crippen LogP contribution in [0.2, 0.25) is 5.02 Å². The van der Waals surface area contributed by atoms with Crippen LogP contribution in [0.1, 0.15) is 6.92 Å². The molecule has 1 heterocycles.